The summed E-state index contributed by atoms with van der Waals surface area (Å²) in [6, 6.07) is 16.6. The molecule has 5 nitrogen and oxygen atoms in total. The van der Waals surface area contributed by atoms with Gasteiger partial charge < -0.3 is 15.4 Å². The van der Waals surface area contributed by atoms with E-state index in [1.807, 2.05) is 44.2 Å². The number of ether oxygens (including phenoxy) is 1. The molecule has 0 aromatic heterocycles. The van der Waals surface area contributed by atoms with Crippen LogP contribution in [0.2, 0.25) is 0 Å². The zero-order chi connectivity index (χ0) is 17.4. The van der Waals surface area contributed by atoms with Crippen LogP contribution in [0.1, 0.15) is 29.8 Å². The fourth-order valence-electron chi connectivity index (χ4n) is 2.16. The summed E-state index contributed by atoms with van der Waals surface area (Å²) < 4.78 is 5.50. The predicted octanol–water partition coefficient (Wildman–Crippen LogP) is 2.52. The van der Waals surface area contributed by atoms with Crippen LogP contribution in [-0.2, 0) is 11.3 Å². The number of nitrogens with one attached hydrogen (secondary N) is 2. The van der Waals surface area contributed by atoms with Crippen LogP contribution >= 0.6 is 0 Å². The normalized spacial score (nSPS) is 10.3. The van der Waals surface area contributed by atoms with Gasteiger partial charge in [0.25, 0.3) is 11.8 Å². The molecule has 2 aromatic carbocycles. The highest BCUT2D eigenvalue weighted by Gasteiger charge is 2.13. The summed E-state index contributed by atoms with van der Waals surface area (Å²) in [5, 5.41) is 5.60. The van der Waals surface area contributed by atoms with Crippen LogP contribution in [0.5, 0.6) is 5.75 Å². The van der Waals surface area contributed by atoms with Gasteiger partial charge in [-0.05, 0) is 31.5 Å². The molecule has 0 atom stereocenters. The summed E-state index contributed by atoms with van der Waals surface area (Å²) in [5.74, 6) is -0.0646. The quantitative estimate of drug-likeness (QED) is 0.821. The Morgan fingerprint density at radius 2 is 1.67 bits per heavy atom. The molecule has 24 heavy (non-hydrogen) atoms. The zero-order valence-electron chi connectivity index (χ0n) is 13.9. The second-order valence-electron chi connectivity index (χ2n) is 5.68. The Hall–Kier alpha value is -2.82. The lowest BCUT2D eigenvalue weighted by Crippen LogP contribution is -2.34. The van der Waals surface area contributed by atoms with E-state index in [1.54, 1.807) is 24.3 Å². The average molecular weight is 326 g/mol. The van der Waals surface area contributed by atoms with Gasteiger partial charge in [0.2, 0.25) is 0 Å². The molecular weight excluding hydrogens is 304 g/mol. The minimum atomic E-state index is -0.237. The van der Waals surface area contributed by atoms with Gasteiger partial charge in [-0.1, -0.05) is 42.5 Å². The first-order valence-electron chi connectivity index (χ1n) is 7.89. The van der Waals surface area contributed by atoms with E-state index in [-0.39, 0.29) is 24.5 Å². The fraction of sp³-hybridized carbons (Fsp3) is 0.263. The average Bonchev–Trinajstić information content (AvgIpc) is 2.58. The molecule has 2 N–H and O–H groups in total. The summed E-state index contributed by atoms with van der Waals surface area (Å²) in [6.07, 6.45) is 0. The third-order valence-corrected chi connectivity index (χ3v) is 3.24. The molecule has 5 heteroatoms. The monoisotopic (exact) mass is 326 g/mol. The molecule has 0 bridgehead atoms. The molecule has 2 amide bonds. The lowest BCUT2D eigenvalue weighted by molar-refractivity contribution is -0.123. The second kappa shape index (κ2) is 8.72. The molecule has 0 spiro atoms. The first kappa shape index (κ1) is 17.5. The first-order valence-corrected chi connectivity index (χ1v) is 7.89. The Labute approximate surface area is 142 Å². The third kappa shape index (κ3) is 5.43. The zero-order valence-corrected chi connectivity index (χ0v) is 13.9. The van der Waals surface area contributed by atoms with Crippen LogP contribution in [0.3, 0.4) is 0 Å². The Kier molecular flexibility index (Phi) is 6.37. The Bertz CT molecular complexity index is 684. The van der Waals surface area contributed by atoms with Gasteiger partial charge in [0.1, 0.15) is 5.75 Å². The summed E-state index contributed by atoms with van der Waals surface area (Å²) in [4.78, 5) is 24.1. The van der Waals surface area contributed by atoms with Gasteiger partial charge in [0.05, 0.1) is 5.56 Å². The molecular formula is C19H22N2O3. The van der Waals surface area contributed by atoms with Crippen molar-refractivity contribution in [3.05, 3.63) is 65.7 Å². The largest absolute Gasteiger partial charge is 0.483 e. The minimum absolute atomic E-state index is 0.0468. The number of amides is 2. The minimum Gasteiger partial charge on any atom is -0.483 e. The van der Waals surface area contributed by atoms with Gasteiger partial charge in [0.15, 0.2) is 6.61 Å². The summed E-state index contributed by atoms with van der Waals surface area (Å²) in [7, 11) is 0. The van der Waals surface area contributed by atoms with Crippen LogP contribution in [0.4, 0.5) is 0 Å². The van der Waals surface area contributed by atoms with Crippen molar-refractivity contribution in [2.45, 2.75) is 26.4 Å². The smallest absolute Gasteiger partial charge is 0.258 e. The number of hydrogen-bond donors (Lipinski definition) is 2. The number of carbonyl (C=O) groups excluding carboxylic acids is 2. The van der Waals surface area contributed by atoms with Crippen molar-refractivity contribution in [3.8, 4) is 5.75 Å². The summed E-state index contributed by atoms with van der Waals surface area (Å²) in [5.41, 5.74) is 1.42. The van der Waals surface area contributed by atoms with Crippen molar-refractivity contribution < 1.29 is 14.3 Å². The Morgan fingerprint density at radius 1 is 1.00 bits per heavy atom. The number of hydrogen-bond acceptors (Lipinski definition) is 3. The molecule has 0 aliphatic rings. The fourth-order valence-corrected chi connectivity index (χ4v) is 2.16. The van der Waals surface area contributed by atoms with Crippen LogP contribution in [0.25, 0.3) is 0 Å². The van der Waals surface area contributed by atoms with E-state index in [4.69, 9.17) is 4.74 Å². The maximum atomic E-state index is 12.4. The van der Waals surface area contributed by atoms with Gasteiger partial charge in [-0.25, -0.2) is 0 Å². The molecule has 126 valence electrons. The number of carbonyl (C=O) groups is 2. The van der Waals surface area contributed by atoms with Crippen LogP contribution in [-0.4, -0.2) is 24.5 Å². The molecule has 0 saturated heterocycles. The van der Waals surface area contributed by atoms with Crippen molar-refractivity contribution in [2.24, 2.45) is 0 Å². The summed E-state index contributed by atoms with van der Waals surface area (Å²) in [6.45, 7) is 4.06. The van der Waals surface area contributed by atoms with E-state index in [9.17, 15) is 9.59 Å². The highest BCUT2D eigenvalue weighted by molar-refractivity contribution is 5.97. The second-order valence-corrected chi connectivity index (χ2v) is 5.68. The van der Waals surface area contributed by atoms with E-state index >= 15 is 0 Å². The van der Waals surface area contributed by atoms with E-state index in [0.717, 1.165) is 5.56 Å². The van der Waals surface area contributed by atoms with Gasteiger partial charge in [-0.3, -0.25) is 9.59 Å². The Balaban J connectivity index is 1.97. The van der Waals surface area contributed by atoms with E-state index in [1.165, 1.54) is 0 Å². The Morgan fingerprint density at radius 3 is 2.38 bits per heavy atom. The number of rotatable bonds is 7. The first-order chi connectivity index (χ1) is 11.6. The molecule has 0 unspecified atom stereocenters. The highest BCUT2D eigenvalue weighted by atomic mass is 16.5. The standard InChI is InChI=1S/C19H22N2O3/c1-14(2)21-18(22)13-24-17-11-7-6-10-16(17)19(23)20-12-15-8-4-3-5-9-15/h3-11,14H,12-13H2,1-2H3,(H,20,23)(H,21,22). The lowest BCUT2D eigenvalue weighted by Gasteiger charge is -2.13. The van der Waals surface area contributed by atoms with Crippen molar-refractivity contribution in [1.82, 2.24) is 10.6 Å². The maximum absolute atomic E-state index is 12.4. The lowest BCUT2D eigenvalue weighted by atomic mass is 10.1. The van der Waals surface area contributed by atoms with Gasteiger partial charge in [0, 0.05) is 12.6 Å². The van der Waals surface area contributed by atoms with Crippen LogP contribution < -0.4 is 15.4 Å². The molecule has 0 heterocycles. The molecule has 0 saturated carbocycles. The molecule has 0 fully saturated rings. The highest BCUT2D eigenvalue weighted by Crippen LogP contribution is 2.18. The van der Waals surface area contributed by atoms with E-state index in [0.29, 0.717) is 17.9 Å². The molecule has 2 aromatic rings. The van der Waals surface area contributed by atoms with Crippen molar-refractivity contribution in [2.75, 3.05) is 6.61 Å². The number of benzene rings is 2. The van der Waals surface area contributed by atoms with E-state index in [2.05, 4.69) is 10.6 Å². The van der Waals surface area contributed by atoms with Gasteiger partial charge >= 0.3 is 0 Å². The molecule has 0 aliphatic heterocycles. The van der Waals surface area contributed by atoms with Crippen LogP contribution in [0, 0.1) is 0 Å². The number of para-hydroxylation sites is 1. The van der Waals surface area contributed by atoms with Crippen molar-refractivity contribution in [1.29, 1.82) is 0 Å². The van der Waals surface area contributed by atoms with Crippen LogP contribution in [0.15, 0.2) is 54.6 Å². The van der Waals surface area contributed by atoms with Gasteiger partial charge in [-0.15, -0.1) is 0 Å². The topological polar surface area (TPSA) is 67.4 Å². The van der Waals surface area contributed by atoms with E-state index < -0.39 is 0 Å². The summed E-state index contributed by atoms with van der Waals surface area (Å²) >= 11 is 0. The third-order valence-electron chi connectivity index (χ3n) is 3.24. The van der Waals surface area contributed by atoms with Gasteiger partial charge in [-0.2, -0.15) is 0 Å². The molecule has 0 aliphatic carbocycles. The SMILES string of the molecule is CC(C)NC(=O)COc1ccccc1C(=O)NCc1ccccc1. The molecule has 0 radical (unpaired) electrons. The van der Waals surface area contributed by atoms with Crippen molar-refractivity contribution >= 4 is 11.8 Å². The maximum Gasteiger partial charge on any atom is 0.258 e. The van der Waals surface area contributed by atoms with Crippen molar-refractivity contribution in [3.63, 3.8) is 0 Å². The molecule has 2 rings (SSSR count). The predicted molar refractivity (Wildman–Crippen MR) is 92.8 cm³/mol.